The van der Waals surface area contributed by atoms with Crippen LogP contribution in [0.2, 0.25) is 5.02 Å². The van der Waals surface area contributed by atoms with Crippen molar-refractivity contribution in [2.45, 2.75) is 18.9 Å². The molecule has 16 heavy (non-hydrogen) atoms. The maximum absolute atomic E-state index is 13.3. The number of rotatable bonds is 3. The van der Waals surface area contributed by atoms with Gasteiger partial charge < -0.3 is 15.2 Å². The van der Waals surface area contributed by atoms with Crippen molar-refractivity contribution in [1.82, 2.24) is 0 Å². The Kier molecular flexibility index (Phi) is 3.51. The summed E-state index contributed by atoms with van der Waals surface area (Å²) in [6.07, 6.45) is 2.09. The van der Waals surface area contributed by atoms with Crippen molar-refractivity contribution in [3.8, 4) is 5.75 Å². The Bertz CT molecular complexity index is 380. The molecule has 2 N–H and O–H groups in total. The fourth-order valence-corrected chi connectivity index (χ4v) is 1.84. The van der Waals surface area contributed by atoms with E-state index in [0.717, 1.165) is 19.4 Å². The van der Waals surface area contributed by atoms with Crippen molar-refractivity contribution in [2.24, 2.45) is 0 Å². The molecule has 1 aliphatic heterocycles. The second-order valence-corrected chi connectivity index (χ2v) is 4.10. The van der Waals surface area contributed by atoms with E-state index in [4.69, 9.17) is 26.8 Å². The quantitative estimate of drug-likeness (QED) is 0.833. The SMILES string of the molecule is Nc1ccc(OCC2CCCO2)c(Cl)c1F. The zero-order valence-corrected chi connectivity index (χ0v) is 9.47. The maximum atomic E-state index is 13.3. The lowest BCUT2D eigenvalue weighted by atomic mass is 10.2. The average molecular weight is 246 g/mol. The maximum Gasteiger partial charge on any atom is 0.168 e. The molecule has 1 heterocycles. The molecule has 0 aromatic heterocycles. The summed E-state index contributed by atoms with van der Waals surface area (Å²) in [5.74, 6) is -0.324. The molecule has 1 aromatic carbocycles. The molecule has 88 valence electrons. The Morgan fingerprint density at radius 3 is 3.06 bits per heavy atom. The predicted octanol–water partition coefficient (Wildman–Crippen LogP) is 2.62. The smallest absolute Gasteiger partial charge is 0.168 e. The summed E-state index contributed by atoms with van der Waals surface area (Å²) in [6, 6.07) is 3.00. The van der Waals surface area contributed by atoms with Gasteiger partial charge in [0.05, 0.1) is 11.8 Å². The third-order valence-electron chi connectivity index (χ3n) is 2.53. The van der Waals surface area contributed by atoms with Crippen molar-refractivity contribution in [2.75, 3.05) is 18.9 Å². The minimum absolute atomic E-state index is 0.0227. The van der Waals surface area contributed by atoms with Crippen LogP contribution in [0.3, 0.4) is 0 Å². The van der Waals surface area contributed by atoms with Crippen LogP contribution in [-0.2, 0) is 4.74 Å². The van der Waals surface area contributed by atoms with Crippen LogP contribution in [0.15, 0.2) is 12.1 Å². The van der Waals surface area contributed by atoms with Gasteiger partial charge in [-0.2, -0.15) is 0 Å². The van der Waals surface area contributed by atoms with Crippen LogP contribution in [0.1, 0.15) is 12.8 Å². The van der Waals surface area contributed by atoms with E-state index in [9.17, 15) is 4.39 Å². The summed E-state index contributed by atoms with van der Waals surface area (Å²) < 4.78 is 24.1. The van der Waals surface area contributed by atoms with Crippen LogP contribution >= 0.6 is 11.6 Å². The number of nitrogens with two attached hydrogens (primary N) is 1. The van der Waals surface area contributed by atoms with Gasteiger partial charge in [0.2, 0.25) is 0 Å². The van der Waals surface area contributed by atoms with E-state index in [2.05, 4.69) is 0 Å². The molecule has 0 saturated carbocycles. The molecule has 0 amide bonds. The standard InChI is InChI=1S/C11H13ClFNO2/c12-10-9(4-3-8(14)11(10)13)16-6-7-2-1-5-15-7/h3-4,7H,1-2,5-6,14H2. The number of benzene rings is 1. The highest BCUT2D eigenvalue weighted by Gasteiger charge is 2.17. The third kappa shape index (κ3) is 2.39. The predicted molar refractivity (Wildman–Crippen MR) is 60.3 cm³/mol. The lowest BCUT2D eigenvalue weighted by molar-refractivity contribution is 0.0679. The summed E-state index contributed by atoms with van der Waals surface area (Å²) >= 11 is 5.76. The fraction of sp³-hybridized carbons (Fsp3) is 0.455. The van der Waals surface area contributed by atoms with E-state index >= 15 is 0 Å². The van der Waals surface area contributed by atoms with Gasteiger partial charge in [0.15, 0.2) is 5.82 Å². The second kappa shape index (κ2) is 4.89. The van der Waals surface area contributed by atoms with Gasteiger partial charge in [-0.1, -0.05) is 11.6 Å². The molecule has 1 saturated heterocycles. The minimum Gasteiger partial charge on any atom is -0.489 e. The molecule has 1 aromatic rings. The summed E-state index contributed by atoms with van der Waals surface area (Å²) in [7, 11) is 0. The number of halogens is 2. The summed E-state index contributed by atoms with van der Waals surface area (Å²) in [5, 5.41) is -0.0713. The van der Waals surface area contributed by atoms with Crippen LogP contribution in [0.5, 0.6) is 5.75 Å². The van der Waals surface area contributed by atoms with Crippen LogP contribution in [-0.4, -0.2) is 19.3 Å². The lowest BCUT2D eigenvalue weighted by Crippen LogP contribution is -2.16. The molecular formula is C11H13ClFNO2. The van der Waals surface area contributed by atoms with Gasteiger partial charge in [0.25, 0.3) is 0 Å². The highest BCUT2D eigenvalue weighted by Crippen LogP contribution is 2.31. The second-order valence-electron chi connectivity index (χ2n) is 3.73. The highest BCUT2D eigenvalue weighted by atomic mass is 35.5. The van der Waals surface area contributed by atoms with Crippen LogP contribution < -0.4 is 10.5 Å². The number of hydrogen-bond acceptors (Lipinski definition) is 3. The normalized spacial score (nSPS) is 20.0. The highest BCUT2D eigenvalue weighted by molar-refractivity contribution is 6.32. The molecule has 1 aliphatic rings. The molecule has 0 aliphatic carbocycles. The van der Waals surface area contributed by atoms with E-state index < -0.39 is 5.82 Å². The monoisotopic (exact) mass is 245 g/mol. The Morgan fingerprint density at radius 1 is 1.56 bits per heavy atom. The Balaban J connectivity index is 2.01. The van der Waals surface area contributed by atoms with Crippen molar-refractivity contribution < 1.29 is 13.9 Å². The van der Waals surface area contributed by atoms with E-state index in [-0.39, 0.29) is 16.8 Å². The van der Waals surface area contributed by atoms with E-state index in [1.165, 1.54) is 6.07 Å². The Morgan fingerprint density at radius 2 is 2.38 bits per heavy atom. The zero-order valence-electron chi connectivity index (χ0n) is 8.71. The van der Waals surface area contributed by atoms with Gasteiger partial charge >= 0.3 is 0 Å². The van der Waals surface area contributed by atoms with Gasteiger partial charge in [-0.25, -0.2) is 4.39 Å². The largest absolute Gasteiger partial charge is 0.489 e. The first-order valence-corrected chi connectivity index (χ1v) is 5.54. The van der Waals surface area contributed by atoms with Gasteiger partial charge in [-0.3, -0.25) is 0 Å². The number of nitrogen functional groups attached to an aromatic ring is 1. The van der Waals surface area contributed by atoms with Gasteiger partial charge in [0.1, 0.15) is 17.4 Å². The van der Waals surface area contributed by atoms with Crippen molar-refractivity contribution in [1.29, 1.82) is 0 Å². The first kappa shape index (κ1) is 11.5. The Labute approximate surface area is 98.3 Å². The van der Waals surface area contributed by atoms with Gasteiger partial charge in [0, 0.05) is 6.61 Å². The van der Waals surface area contributed by atoms with Gasteiger partial charge in [-0.05, 0) is 25.0 Å². The molecule has 0 radical (unpaired) electrons. The Hall–Kier alpha value is -1.00. The lowest BCUT2D eigenvalue weighted by Gasteiger charge is -2.13. The number of hydrogen-bond donors (Lipinski definition) is 1. The molecule has 3 nitrogen and oxygen atoms in total. The summed E-state index contributed by atoms with van der Waals surface area (Å²) in [6.45, 7) is 1.15. The van der Waals surface area contributed by atoms with E-state index in [0.29, 0.717) is 12.4 Å². The zero-order chi connectivity index (χ0) is 11.5. The average Bonchev–Trinajstić information content (AvgIpc) is 2.78. The molecule has 0 spiro atoms. The van der Waals surface area contributed by atoms with Crippen LogP contribution in [0.25, 0.3) is 0 Å². The summed E-state index contributed by atoms with van der Waals surface area (Å²) in [4.78, 5) is 0. The molecule has 1 fully saturated rings. The summed E-state index contributed by atoms with van der Waals surface area (Å²) in [5.41, 5.74) is 5.39. The number of ether oxygens (including phenoxy) is 2. The minimum atomic E-state index is -0.633. The van der Waals surface area contributed by atoms with Crippen LogP contribution in [0, 0.1) is 5.82 Å². The molecule has 1 atom stereocenters. The molecule has 5 heteroatoms. The molecular weight excluding hydrogens is 233 g/mol. The van der Waals surface area contributed by atoms with Gasteiger partial charge in [-0.15, -0.1) is 0 Å². The molecule has 0 bridgehead atoms. The molecule has 1 unspecified atom stereocenters. The first-order valence-electron chi connectivity index (χ1n) is 5.16. The van der Waals surface area contributed by atoms with Crippen molar-refractivity contribution >= 4 is 17.3 Å². The van der Waals surface area contributed by atoms with Crippen LogP contribution in [0.4, 0.5) is 10.1 Å². The van der Waals surface area contributed by atoms with E-state index in [1.54, 1.807) is 6.07 Å². The van der Waals surface area contributed by atoms with Crippen molar-refractivity contribution in [3.63, 3.8) is 0 Å². The molecule has 2 rings (SSSR count). The first-order chi connectivity index (χ1) is 7.68. The number of anilines is 1. The van der Waals surface area contributed by atoms with Crippen molar-refractivity contribution in [3.05, 3.63) is 23.0 Å². The topological polar surface area (TPSA) is 44.5 Å². The third-order valence-corrected chi connectivity index (χ3v) is 2.88. The fourth-order valence-electron chi connectivity index (χ4n) is 1.62. The van der Waals surface area contributed by atoms with E-state index in [1.807, 2.05) is 0 Å².